The molecule has 0 fully saturated rings. The Hall–Kier alpha value is -2.16. The summed E-state index contributed by atoms with van der Waals surface area (Å²) in [5.74, 6) is 0.781. The zero-order valence-electron chi connectivity index (χ0n) is 15.8. The first-order valence-corrected chi connectivity index (χ1v) is 11.6. The van der Waals surface area contributed by atoms with Crippen molar-refractivity contribution in [3.63, 3.8) is 0 Å². The quantitative estimate of drug-likeness (QED) is 0.688. The minimum absolute atomic E-state index is 0.0739. The number of rotatable bonds is 5. The predicted octanol–water partition coefficient (Wildman–Crippen LogP) is 3.45. The summed E-state index contributed by atoms with van der Waals surface area (Å²) in [6, 6.07) is 10.4. The van der Waals surface area contributed by atoms with Gasteiger partial charge in [0.15, 0.2) is 0 Å². The van der Waals surface area contributed by atoms with Gasteiger partial charge in [0.2, 0.25) is 10.0 Å². The molecule has 1 N–H and O–H groups in total. The van der Waals surface area contributed by atoms with E-state index in [1.54, 1.807) is 29.9 Å². The third kappa shape index (κ3) is 3.36. The lowest BCUT2D eigenvalue weighted by molar-refractivity contribution is 0.412. The number of hydrogen-bond donors (Lipinski definition) is 1. The van der Waals surface area contributed by atoms with Crippen LogP contribution in [0.3, 0.4) is 0 Å². The molecule has 0 bridgehead atoms. The molecule has 1 aliphatic rings. The van der Waals surface area contributed by atoms with E-state index < -0.39 is 10.0 Å². The summed E-state index contributed by atoms with van der Waals surface area (Å²) in [7, 11) is -2.08. The van der Waals surface area contributed by atoms with Crippen molar-refractivity contribution >= 4 is 31.6 Å². The van der Waals surface area contributed by atoms with Gasteiger partial charge in [-0.15, -0.1) is 0 Å². The summed E-state index contributed by atoms with van der Waals surface area (Å²) in [4.78, 5) is 12.2. The molecule has 0 unspecified atom stereocenters. The molecule has 0 aliphatic heterocycles. The van der Waals surface area contributed by atoms with Crippen LogP contribution in [-0.4, -0.2) is 20.1 Å². The number of aryl methyl sites for hydroxylation is 2. The minimum atomic E-state index is -3.71. The molecule has 28 heavy (non-hydrogen) atoms. The Morgan fingerprint density at radius 3 is 2.82 bits per heavy atom. The topological polar surface area (TPSA) is 77.4 Å². The Labute approximate surface area is 167 Å². The van der Waals surface area contributed by atoms with E-state index >= 15 is 0 Å². The van der Waals surface area contributed by atoms with Gasteiger partial charge in [-0.25, -0.2) is 13.1 Å². The fourth-order valence-corrected chi connectivity index (χ4v) is 6.15. The number of fused-ring (bicyclic) bond motifs is 2. The maximum atomic E-state index is 13.0. The molecule has 8 heteroatoms. The average molecular weight is 419 g/mol. The van der Waals surface area contributed by atoms with Crippen LogP contribution in [0.25, 0.3) is 10.2 Å². The SMILES string of the molecule is CCn1c(=O)sc2cc(S(=O)(=O)N[C@@H]3CCCc4cc(OC)ccc43)ccc21. The highest BCUT2D eigenvalue weighted by molar-refractivity contribution is 7.89. The number of nitrogens with one attached hydrogen (secondary N) is 1. The lowest BCUT2D eigenvalue weighted by atomic mass is 9.88. The molecule has 0 radical (unpaired) electrons. The van der Waals surface area contributed by atoms with Crippen LogP contribution in [0.5, 0.6) is 5.75 Å². The van der Waals surface area contributed by atoms with Gasteiger partial charge in [-0.2, -0.15) is 0 Å². The van der Waals surface area contributed by atoms with Crippen LogP contribution in [0.4, 0.5) is 0 Å². The van der Waals surface area contributed by atoms with Crippen LogP contribution < -0.4 is 14.3 Å². The number of benzene rings is 2. The Balaban J connectivity index is 1.67. The second-order valence-corrected chi connectivity index (χ2v) is 9.58. The molecule has 1 aliphatic carbocycles. The molecule has 0 saturated carbocycles. The normalized spacial score (nSPS) is 16.9. The largest absolute Gasteiger partial charge is 0.497 e. The van der Waals surface area contributed by atoms with E-state index in [0.717, 1.165) is 53.0 Å². The number of ether oxygens (including phenoxy) is 1. The van der Waals surface area contributed by atoms with E-state index in [2.05, 4.69) is 4.72 Å². The fraction of sp³-hybridized carbons (Fsp3) is 0.350. The molecule has 2 aromatic carbocycles. The Morgan fingerprint density at radius 1 is 1.25 bits per heavy atom. The Bertz CT molecular complexity index is 1190. The van der Waals surface area contributed by atoms with E-state index in [1.807, 2.05) is 25.1 Å². The average Bonchev–Trinajstić information content (AvgIpc) is 3.01. The Morgan fingerprint density at radius 2 is 2.07 bits per heavy atom. The highest BCUT2D eigenvalue weighted by atomic mass is 32.2. The number of thiazole rings is 1. The smallest absolute Gasteiger partial charge is 0.308 e. The van der Waals surface area contributed by atoms with E-state index in [9.17, 15) is 13.2 Å². The minimum Gasteiger partial charge on any atom is -0.497 e. The second kappa shape index (κ2) is 7.35. The van der Waals surface area contributed by atoms with Gasteiger partial charge < -0.3 is 4.74 Å². The van der Waals surface area contributed by atoms with Gasteiger partial charge >= 0.3 is 4.87 Å². The molecular formula is C20H22N2O4S2. The molecule has 148 valence electrons. The maximum Gasteiger partial charge on any atom is 0.308 e. The number of aromatic nitrogens is 1. The molecule has 0 amide bonds. The zero-order valence-corrected chi connectivity index (χ0v) is 17.4. The monoisotopic (exact) mass is 418 g/mol. The van der Waals surface area contributed by atoms with Gasteiger partial charge in [-0.3, -0.25) is 9.36 Å². The van der Waals surface area contributed by atoms with Crippen molar-refractivity contribution in [3.8, 4) is 5.75 Å². The lowest BCUT2D eigenvalue weighted by Crippen LogP contribution is -2.31. The first kappa shape index (κ1) is 19.2. The van der Waals surface area contributed by atoms with Crippen LogP contribution in [-0.2, 0) is 23.0 Å². The molecule has 4 rings (SSSR count). The van der Waals surface area contributed by atoms with Gasteiger partial charge in [0.05, 0.1) is 22.2 Å². The third-order valence-electron chi connectivity index (χ3n) is 5.23. The lowest BCUT2D eigenvalue weighted by Gasteiger charge is -2.26. The second-order valence-electron chi connectivity index (χ2n) is 6.87. The van der Waals surface area contributed by atoms with Gasteiger partial charge in [0.1, 0.15) is 5.75 Å². The summed E-state index contributed by atoms with van der Waals surface area (Å²) in [5, 5.41) is 0. The van der Waals surface area contributed by atoms with E-state index in [0.29, 0.717) is 11.2 Å². The van der Waals surface area contributed by atoms with Gasteiger partial charge in [-0.05, 0) is 67.6 Å². The van der Waals surface area contributed by atoms with Crippen molar-refractivity contribution in [2.45, 2.75) is 43.7 Å². The van der Waals surface area contributed by atoms with Crippen LogP contribution in [0.2, 0.25) is 0 Å². The number of sulfonamides is 1. The standard InChI is InChI=1S/C20H22N2O4S2/c1-3-22-18-10-8-15(12-19(18)27-20(22)23)28(24,25)21-17-6-4-5-13-11-14(26-2)7-9-16(13)17/h7-12,17,21H,3-6H2,1-2H3/t17-/m1/s1. The van der Waals surface area contributed by atoms with Crippen molar-refractivity contribution in [2.75, 3.05) is 7.11 Å². The van der Waals surface area contributed by atoms with E-state index in [4.69, 9.17) is 4.74 Å². The van der Waals surface area contributed by atoms with E-state index in [1.165, 1.54) is 0 Å². The third-order valence-corrected chi connectivity index (χ3v) is 7.64. The summed E-state index contributed by atoms with van der Waals surface area (Å²) in [6.45, 7) is 2.46. The molecular weight excluding hydrogens is 396 g/mol. The molecule has 6 nitrogen and oxygen atoms in total. The number of hydrogen-bond acceptors (Lipinski definition) is 5. The van der Waals surface area contributed by atoms with Crippen molar-refractivity contribution in [1.82, 2.24) is 9.29 Å². The highest BCUT2D eigenvalue weighted by Gasteiger charge is 2.26. The summed E-state index contributed by atoms with van der Waals surface area (Å²) < 4.78 is 36.5. The van der Waals surface area contributed by atoms with Gasteiger partial charge in [-0.1, -0.05) is 17.4 Å². The predicted molar refractivity (Wildman–Crippen MR) is 111 cm³/mol. The summed E-state index contributed by atoms with van der Waals surface area (Å²) >= 11 is 1.07. The maximum absolute atomic E-state index is 13.0. The van der Waals surface area contributed by atoms with Crippen molar-refractivity contribution in [1.29, 1.82) is 0 Å². The summed E-state index contributed by atoms with van der Waals surface area (Å²) in [5.41, 5.74) is 2.89. The van der Waals surface area contributed by atoms with Gasteiger partial charge in [0, 0.05) is 12.6 Å². The first-order chi connectivity index (χ1) is 13.4. The highest BCUT2D eigenvalue weighted by Crippen LogP contribution is 2.33. The van der Waals surface area contributed by atoms with Crippen molar-refractivity contribution in [3.05, 3.63) is 57.2 Å². The first-order valence-electron chi connectivity index (χ1n) is 9.25. The number of methoxy groups -OCH3 is 1. The summed E-state index contributed by atoms with van der Waals surface area (Å²) in [6.07, 6.45) is 2.57. The molecule has 3 aromatic rings. The van der Waals surface area contributed by atoms with Crippen LogP contribution in [0, 0.1) is 0 Å². The fourth-order valence-electron chi connectivity index (χ4n) is 3.81. The van der Waals surface area contributed by atoms with E-state index in [-0.39, 0.29) is 15.8 Å². The Kier molecular flexibility index (Phi) is 5.03. The molecule has 0 spiro atoms. The van der Waals surface area contributed by atoms with Crippen LogP contribution in [0.15, 0.2) is 46.1 Å². The van der Waals surface area contributed by atoms with Gasteiger partial charge in [0.25, 0.3) is 0 Å². The molecule has 1 heterocycles. The zero-order chi connectivity index (χ0) is 19.9. The number of nitrogens with zero attached hydrogens (tertiary/aromatic N) is 1. The molecule has 1 atom stereocenters. The van der Waals surface area contributed by atoms with Crippen molar-refractivity contribution < 1.29 is 13.2 Å². The molecule has 0 saturated heterocycles. The van der Waals surface area contributed by atoms with Crippen molar-refractivity contribution in [2.24, 2.45) is 0 Å². The van der Waals surface area contributed by atoms with Crippen LogP contribution in [0.1, 0.15) is 36.9 Å². The molecule has 1 aromatic heterocycles. The van der Waals surface area contributed by atoms with Crippen LogP contribution >= 0.6 is 11.3 Å².